The van der Waals surface area contributed by atoms with E-state index < -0.39 is 22.3 Å². The van der Waals surface area contributed by atoms with E-state index in [2.05, 4.69) is 0 Å². The third-order valence-corrected chi connectivity index (χ3v) is 3.54. The average molecular weight is 299 g/mol. The highest BCUT2D eigenvalue weighted by Crippen LogP contribution is 2.16. The van der Waals surface area contributed by atoms with E-state index in [-0.39, 0.29) is 13.2 Å². The molecule has 1 aromatic carbocycles. The van der Waals surface area contributed by atoms with Crippen LogP contribution >= 0.6 is 0 Å². The molecule has 1 heterocycles. The summed E-state index contributed by atoms with van der Waals surface area (Å²) in [7, 11) is -3.49. The quantitative estimate of drug-likeness (QED) is 0.785. The molecule has 1 amide bonds. The SMILES string of the molecule is CS(=O)(=O)OC1CCN(C(=O)OCc2ccccc2)C1. The van der Waals surface area contributed by atoms with Crippen LogP contribution in [0, 0.1) is 0 Å². The van der Waals surface area contributed by atoms with Crippen LogP contribution < -0.4 is 0 Å². The molecule has 0 N–H and O–H groups in total. The highest BCUT2D eigenvalue weighted by molar-refractivity contribution is 7.86. The number of amides is 1. The third kappa shape index (κ3) is 4.50. The van der Waals surface area contributed by atoms with Crippen LogP contribution in [0.5, 0.6) is 0 Å². The summed E-state index contributed by atoms with van der Waals surface area (Å²) >= 11 is 0. The number of hydrogen-bond acceptors (Lipinski definition) is 5. The molecule has 1 aliphatic heterocycles. The number of carbonyl (C=O) groups excluding carboxylic acids is 1. The summed E-state index contributed by atoms with van der Waals surface area (Å²) in [6.07, 6.45) is 0.569. The van der Waals surface area contributed by atoms with Crippen molar-refractivity contribution >= 4 is 16.2 Å². The molecule has 1 fully saturated rings. The minimum Gasteiger partial charge on any atom is -0.445 e. The number of hydrogen-bond donors (Lipinski definition) is 0. The van der Waals surface area contributed by atoms with E-state index in [0.29, 0.717) is 13.0 Å². The first kappa shape index (κ1) is 14.8. The third-order valence-electron chi connectivity index (χ3n) is 2.92. The lowest BCUT2D eigenvalue weighted by molar-refractivity contribution is 0.0995. The zero-order chi connectivity index (χ0) is 14.6. The molecule has 1 aliphatic rings. The predicted molar refractivity (Wildman–Crippen MR) is 72.5 cm³/mol. The lowest BCUT2D eigenvalue weighted by atomic mass is 10.2. The molecule has 1 unspecified atom stereocenters. The summed E-state index contributed by atoms with van der Waals surface area (Å²) in [4.78, 5) is 13.3. The van der Waals surface area contributed by atoms with Crippen LogP contribution in [0.3, 0.4) is 0 Å². The summed E-state index contributed by atoms with van der Waals surface area (Å²) in [5.41, 5.74) is 0.906. The molecular weight excluding hydrogens is 282 g/mol. The molecule has 110 valence electrons. The molecule has 0 aromatic heterocycles. The van der Waals surface area contributed by atoms with Crippen molar-refractivity contribution in [3.05, 3.63) is 35.9 Å². The summed E-state index contributed by atoms with van der Waals surface area (Å²) in [5, 5.41) is 0. The zero-order valence-corrected chi connectivity index (χ0v) is 12.0. The smallest absolute Gasteiger partial charge is 0.410 e. The second-order valence-corrected chi connectivity index (χ2v) is 6.30. The molecule has 0 saturated carbocycles. The maximum atomic E-state index is 11.8. The van der Waals surface area contributed by atoms with Crippen LogP contribution in [0.15, 0.2) is 30.3 Å². The van der Waals surface area contributed by atoms with Gasteiger partial charge in [-0.3, -0.25) is 4.18 Å². The van der Waals surface area contributed by atoms with Crippen molar-refractivity contribution in [1.29, 1.82) is 0 Å². The van der Waals surface area contributed by atoms with Gasteiger partial charge < -0.3 is 9.64 Å². The van der Waals surface area contributed by atoms with Gasteiger partial charge in [-0.05, 0) is 12.0 Å². The molecule has 1 saturated heterocycles. The number of ether oxygens (including phenoxy) is 1. The minimum absolute atomic E-state index is 0.202. The molecule has 7 heteroatoms. The van der Waals surface area contributed by atoms with Gasteiger partial charge in [0.25, 0.3) is 10.1 Å². The first-order valence-corrected chi connectivity index (χ1v) is 8.09. The van der Waals surface area contributed by atoms with E-state index in [0.717, 1.165) is 11.8 Å². The first-order chi connectivity index (χ1) is 9.44. The van der Waals surface area contributed by atoms with Gasteiger partial charge in [0.15, 0.2) is 0 Å². The van der Waals surface area contributed by atoms with Gasteiger partial charge in [-0.25, -0.2) is 4.79 Å². The van der Waals surface area contributed by atoms with Crippen molar-refractivity contribution in [1.82, 2.24) is 4.90 Å². The number of likely N-dealkylation sites (tertiary alicyclic amines) is 1. The Bertz CT molecular complexity index is 557. The number of nitrogens with zero attached hydrogens (tertiary/aromatic N) is 1. The fourth-order valence-electron chi connectivity index (χ4n) is 2.03. The molecule has 1 atom stereocenters. The Morgan fingerprint density at radius 2 is 2.05 bits per heavy atom. The normalized spacial score (nSPS) is 19.1. The van der Waals surface area contributed by atoms with Gasteiger partial charge in [-0.2, -0.15) is 8.42 Å². The van der Waals surface area contributed by atoms with Crippen molar-refractivity contribution in [2.45, 2.75) is 19.1 Å². The number of rotatable bonds is 4. The van der Waals surface area contributed by atoms with Gasteiger partial charge in [-0.15, -0.1) is 0 Å². The van der Waals surface area contributed by atoms with E-state index in [1.54, 1.807) is 0 Å². The molecule has 2 rings (SSSR count). The van der Waals surface area contributed by atoms with Crippen molar-refractivity contribution < 1.29 is 22.1 Å². The summed E-state index contributed by atoms with van der Waals surface area (Å²) < 4.78 is 32.1. The Kier molecular flexibility index (Phi) is 4.61. The van der Waals surface area contributed by atoms with E-state index in [1.165, 1.54) is 4.90 Å². The lowest BCUT2D eigenvalue weighted by Gasteiger charge is -2.16. The number of benzene rings is 1. The average Bonchev–Trinajstić information content (AvgIpc) is 2.83. The van der Waals surface area contributed by atoms with Crippen LogP contribution in [-0.4, -0.2) is 44.9 Å². The van der Waals surface area contributed by atoms with E-state index in [4.69, 9.17) is 8.92 Å². The molecule has 0 aliphatic carbocycles. The van der Waals surface area contributed by atoms with Gasteiger partial charge in [-0.1, -0.05) is 30.3 Å². The zero-order valence-electron chi connectivity index (χ0n) is 11.2. The largest absolute Gasteiger partial charge is 0.445 e. The highest BCUT2D eigenvalue weighted by Gasteiger charge is 2.30. The molecule has 0 radical (unpaired) electrons. The Balaban J connectivity index is 1.80. The van der Waals surface area contributed by atoms with Gasteiger partial charge >= 0.3 is 6.09 Å². The molecule has 0 bridgehead atoms. The molecule has 20 heavy (non-hydrogen) atoms. The van der Waals surface area contributed by atoms with Crippen LogP contribution in [0.25, 0.3) is 0 Å². The topological polar surface area (TPSA) is 72.9 Å². The van der Waals surface area contributed by atoms with Gasteiger partial charge in [0.1, 0.15) is 6.61 Å². The lowest BCUT2D eigenvalue weighted by Crippen LogP contribution is -2.31. The summed E-state index contributed by atoms with van der Waals surface area (Å²) in [6, 6.07) is 9.36. The maximum absolute atomic E-state index is 11.8. The van der Waals surface area contributed by atoms with E-state index in [9.17, 15) is 13.2 Å². The van der Waals surface area contributed by atoms with E-state index >= 15 is 0 Å². The van der Waals surface area contributed by atoms with Crippen molar-refractivity contribution in [3.63, 3.8) is 0 Å². The van der Waals surface area contributed by atoms with Crippen molar-refractivity contribution in [2.24, 2.45) is 0 Å². The second kappa shape index (κ2) is 6.23. The molecule has 1 aromatic rings. The molecule has 6 nitrogen and oxygen atoms in total. The first-order valence-electron chi connectivity index (χ1n) is 6.28. The number of carbonyl (C=O) groups is 1. The van der Waals surface area contributed by atoms with Crippen LogP contribution in [0.1, 0.15) is 12.0 Å². The Hall–Kier alpha value is -1.60. The fourth-order valence-corrected chi connectivity index (χ4v) is 2.68. The van der Waals surface area contributed by atoms with Crippen LogP contribution in [0.4, 0.5) is 4.79 Å². The van der Waals surface area contributed by atoms with Gasteiger partial charge in [0.05, 0.1) is 18.9 Å². The Morgan fingerprint density at radius 3 is 2.70 bits per heavy atom. The van der Waals surface area contributed by atoms with Gasteiger partial charge in [0.2, 0.25) is 0 Å². The van der Waals surface area contributed by atoms with E-state index in [1.807, 2.05) is 30.3 Å². The highest BCUT2D eigenvalue weighted by atomic mass is 32.2. The molecular formula is C13H17NO5S. The fraction of sp³-hybridized carbons (Fsp3) is 0.462. The summed E-state index contributed by atoms with van der Waals surface area (Å²) in [5.74, 6) is 0. The monoisotopic (exact) mass is 299 g/mol. The maximum Gasteiger partial charge on any atom is 0.410 e. The van der Waals surface area contributed by atoms with Crippen molar-refractivity contribution in [3.8, 4) is 0 Å². The summed E-state index contributed by atoms with van der Waals surface area (Å²) in [6.45, 7) is 0.877. The second-order valence-electron chi connectivity index (χ2n) is 4.70. The van der Waals surface area contributed by atoms with Crippen LogP contribution in [0.2, 0.25) is 0 Å². The van der Waals surface area contributed by atoms with Crippen LogP contribution in [-0.2, 0) is 25.6 Å². The van der Waals surface area contributed by atoms with Gasteiger partial charge in [0, 0.05) is 6.54 Å². The standard InChI is InChI=1S/C13H17NO5S/c1-20(16,17)19-12-7-8-14(9-12)13(15)18-10-11-5-3-2-4-6-11/h2-6,12H,7-10H2,1H3. The Labute approximate surface area is 118 Å². The van der Waals surface area contributed by atoms with Crippen molar-refractivity contribution in [2.75, 3.05) is 19.3 Å². The predicted octanol–water partition coefficient (Wildman–Crippen LogP) is 1.37. The Morgan fingerprint density at radius 1 is 1.35 bits per heavy atom. The minimum atomic E-state index is -3.49. The molecule has 0 spiro atoms.